The number of rotatable bonds is 3. The SMILES string of the molecule is CCn1nncc1C(=O)c1snnc1C. The van der Waals surface area contributed by atoms with Gasteiger partial charge in [0.2, 0.25) is 5.78 Å². The first-order chi connectivity index (χ1) is 7.24. The molecule has 0 fully saturated rings. The Morgan fingerprint density at radius 3 is 3.00 bits per heavy atom. The van der Waals surface area contributed by atoms with E-state index in [9.17, 15) is 4.79 Å². The van der Waals surface area contributed by atoms with Crippen molar-refractivity contribution >= 4 is 17.3 Å². The van der Waals surface area contributed by atoms with Gasteiger partial charge in [0.05, 0.1) is 11.9 Å². The molecule has 7 heteroatoms. The summed E-state index contributed by atoms with van der Waals surface area (Å²) >= 11 is 1.10. The number of aromatic nitrogens is 5. The normalized spacial score (nSPS) is 10.5. The fourth-order valence-electron chi connectivity index (χ4n) is 1.22. The molecule has 0 aromatic carbocycles. The molecule has 0 atom stereocenters. The van der Waals surface area contributed by atoms with Gasteiger partial charge >= 0.3 is 0 Å². The number of aryl methyl sites for hydroxylation is 2. The predicted molar refractivity (Wildman–Crippen MR) is 53.8 cm³/mol. The summed E-state index contributed by atoms with van der Waals surface area (Å²) in [5, 5.41) is 11.3. The Balaban J connectivity index is 2.41. The highest BCUT2D eigenvalue weighted by Gasteiger charge is 2.19. The monoisotopic (exact) mass is 223 g/mol. The molecule has 2 heterocycles. The van der Waals surface area contributed by atoms with Crippen molar-refractivity contribution in [3.05, 3.63) is 22.5 Å². The van der Waals surface area contributed by atoms with E-state index >= 15 is 0 Å². The molecule has 2 rings (SSSR count). The first-order valence-electron chi connectivity index (χ1n) is 4.46. The van der Waals surface area contributed by atoms with E-state index < -0.39 is 0 Å². The number of nitrogens with zero attached hydrogens (tertiary/aromatic N) is 5. The molecule has 0 aliphatic rings. The van der Waals surface area contributed by atoms with Gasteiger partial charge in [0, 0.05) is 6.54 Å². The third kappa shape index (κ3) is 1.65. The van der Waals surface area contributed by atoms with Gasteiger partial charge in [-0.05, 0) is 25.4 Å². The fourth-order valence-corrected chi connectivity index (χ4v) is 1.83. The molecule has 0 aliphatic carbocycles. The van der Waals surface area contributed by atoms with Crippen LogP contribution in [0.2, 0.25) is 0 Å². The van der Waals surface area contributed by atoms with E-state index in [4.69, 9.17) is 0 Å². The molecule has 0 amide bonds. The van der Waals surface area contributed by atoms with Crippen molar-refractivity contribution in [2.45, 2.75) is 20.4 Å². The lowest BCUT2D eigenvalue weighted by Gasteiger charge is -1.99. The van der Waals surface area contributed by atoms with Gasteiger partial charge in [-0.25, -0.2) is 4.68 Å². The maximum absolute atomic E-state index is 12.0. The lowest BCUT2D eigenvalue weighted by atomic mass is 10.2. The van der Waals surface area contributed by atoms with E-state index in [1.807, 2.05) is 6.92 Å². The topological polar surface area (TPSA) is 73.6 Å². The van der Waals surface area contributed by atoms with Gasteiger partial charge in [0.15, 0.2) is 0 Å². The van der Waals surface area contributed by atoms with Gasteiger partial charge < -0.3 is 0 Å². The lowest BCUT2D eigenvalue weighted by molar-refractivity contribution is 0.103. The Bertz CT molecular complexity index is 489. The summed E-state index contributed by atoms with van der Waals surface area (Å²) in [5.41, 5.74) is 1.13. The fraction of sp³-hybridized carbons (Fsp3) is 0.375. The summed E-state index contributed by atoms with van der Waals surface area (Å²) in [5.74, 6) is -0.116. The molecular weight excluding hydrogens is 214 g/mol. The van der Waals surface area contributed by atoms with Gasteiger partial charge in [-0.3, -0.25) is 4.79 Å². The molecule has 0 N–H and O–H groups in total. The minimum atomic E-state index is -0.116. The van der Waals surface area contributed by atoms with E-state index in [0.29, 0.717) is 22.8 Å². The number of hydrogen-bond acceptors (Lipinski definition) is 6. The quantitative estimate of drug-likeness (QED) is 0.716. The second-order valence-electron chi connectivity index (χ2n) is 2.95. The van der Waals surface area contributed by atoms with Crippen LogP contribution in [0.4, 0.5) is 0 Å². The van der Waals surface area contributed by atoms with Crippen LogP contribution in [0.1, 0.15) is 28.0 Å². The van der Waals surface area contributed by atoms with Gasteiger partial charge in [-0.2, -0.15) is 0 Å². The summed E-state index contributed by atoms with van der Waals surface area (Å²) in [6, 6.07) is 0. The molecule has 0 aliphatic heterocycles. The molecule has 0 saturated carbocycles. The highest BCUT2D eigenvalue weighted by atomic mass is 32.1. The Hall–Kier alpha value is -1.63. The van der Waals surface area contributed by atoms with E-state index in [0.717, 1.165) is 11.5 Å². The average Bonchev–Trinajstić information content (AvgIpc) is 2.84. The maximum Gasteiger partial charge on any atom is 0.226 e. The number of carbonyl (C=O) groups excluding carboxylic acids is 1. The van der Waals surface area contributed by atoms with Crippen molar-refractivity contribution in [1.29, 1.82) is 0 Å². The first-order valence-corrected chi connectivity index (χ1v) is 5.23. The van der Waals surface area contributed by atoms with E-state index in [1.165, 1.54) is 6.20 Å². The molecule has 6 nitrogen and oxygen atoms in total. The van der Waals surface area contributed by atoms with Gasteiger partial charge in [0.25, 0.3) is 0 Å². The van der Waals surface area contributed by atoms with Crippen LogP contribution in [0, 0.1) is 6.92 Å². The van der Waals surface area contributed by atoms with Crippen LogP contribution in [0.3, 0.4) is 0 Å². The maximum atomic E-state index is 12.0. The van der Waals surface area contributed by atoms with Crippen LogP contribution < -0.4 is 0 Å². The zero-order chi connectivity index (χ0) is 10.8. The van der Waals surface area contributed by atoms with E-state index in [1.54, 1.807) is 11.6 Å². The van der Waals surface area contributed by atoms with Crippen LogP contribution >= 0.6 is 11.5 Å². The smallest absolute Gasteiger partial charge is 0.226 e. The van der Waals surface area contributed by atoms with Gasteiger partial charge in [0.1, 0.15) is 10.6 Å². The third-order valence-corrected chi connectivity index (χ3v) is 2.83. The average molecular weight is 223 g/mol. The zero-order valence-corrected chi connectivity index (χ0v) is 9.15. The van der Waals surface area contributed by atoms with Crippen molar-refractivity contribution in [3.63, 3.8) is 0 Å². The summed E-state index contributed by atoms with van der Waals surface area (Å²) in [4.78, 5) is 12.5. The van der Waals surface area contributed by atoms with Crippen molar-refractivity contribution in [2.24, 2.45) is 0 Å². The summed E-state index contributed by atoms with van der Waals surface area (Å²) in [6.07, 6.45) is 1.46. The van der Waals surface area contributed by atoms with Crippen LogP contribution in [0.15, 0.2) is 6.20 Å². The highest BCUT2D eigenvalue weighted by molar-refractivity contribution is 7.08. The molecule has 0 saturated heterocycles. The minimum Gasteiger partial charge on any atom is -0.286 e. The predicted octanol–water partition coefficient (Wildman–Crippen LogP) is 0.689. The Labute approximate surface area is 90.1 Å². The summed E-state index contributed by atoms with van der Waals surface area (Å²) < 4.78 is 5.29. The number of ketones is 1. The zero-order valence-electron chi connectivity index (χ0n) is 8.34. The van der Waals surface area contributed by atoms with Crippen LogP contribution in [0.5, 0.6) is 0 Å². The van der Waals surface area contributed by atoms with Crippen LogP contribution in [-0.2, 0) is 6.54 Å². The highest BCUT2D eigenvalue weighted by Crippen LogP contribution is 2.14. The van der Waals surface area contributed by atoms with Crippen molar-refractivity contribution in [3.8, 4) is 0 Å². The first kappa shape index (κ1) is 9.91. The molecule has 2 aromatic heterocycles. The largest absolute Gasteiger partial charge is 0.286 e. The second kappa shape index (κ2) is 3.85. The van der Waals surface area contributed by atoms with Crippen molar-refractivity contribution < 1.29 is 4.79 Å². The van der Waals surface area contributed by atoms with E-state index in [2.05, 4.69) is 19.9 Å². The lowest BCUT2D eigenvalue weighted by Crippen LogP contribution is -2.10. The van der Waals surface area contributed by atoms with Crippen LogP contribution in [0.25, 0.3) is 0 Å². The second-order valence-corrected chi connectivity index (χ2v) is 3.71. The molecule has 2 aromatic rings. The van der Waals surface area contributed by atoms with Crippen LogP contribution in [-0.4, -0.2) is 30.4 Å². The summed E-state index contributed by atoms with van der Waals surface area (Å²) in [7, 11) is 0. The van der Waals surface area contributed by atoms with Crippen molar-refractivity contribution in [1.82, 2.24) is 24.6 Å². The van der Waals surface area contributed by atoms with E-state index in [-0.39, 0.29) is 5.78 Å². The summed E-state index contributed by atoms with van der Waals surface area (Å²) in [6.45, 7) is 4.28. The molecule has 15 heavy (non-hydrogen) atoms. The van der Waals surface area contributed by atoms with Gasteiger partial charge in [-0.1, -0.05) is 9.70 Å². The van der Waals surface area contributed by atoms with Gasteiger partial charge in [-0.15, -0.1) is 10.2 Å². The molecule has 78 valence electrons. The molecule has 0 unspecified atom stereocenters. The third-order valence-electron chi connectivity index (χ3n) is 2.01. The Morgan fingerprint density at radius 1 is 1.60 bits per heavy atom. The number of carbonyl (C=O) groups is 1. The standard InChI is InChI=1S/C8H9N5OS/c1-3-13-6(4-9-11-13)7(14)8-5(2)10-12-15-8/h4H,3H2,1-2H3. The number of hydrogen-bond donors (Lipinski definition) is 0. The Morgan fingerprint density at radius 2 is 2.40 bits per heavy atom. The van der Waals surface area contributed by atoms with Crippen molar-refractivity contribution in [2.75, 3.05) is 0 Å². The molecule has 0 bridgehead atoms. The molecular formula is C8H9N5OS. The molecule has 0 radical (unpaired) electrons. The Kier molecular flexibility index (Phi) is 2.55. The molecule has 0 spiro atoms. The minimum absolute atomic E-state index is 0.116.